The van der Waals surface area contributed by atoms with E-state index in [1.165, 1.54) is 5.56 Å². The Labute approximate surface area is 141 Å². The quantitative estimate of drug-likeness (QED) is 0.658. The van der Waals surface area contributed by atoms with Crippen molar-refractivity contribution in [3.63, 3.8) is 0 Å². The Balaban J connectivity index is 1.73. The van der Waals surface area contributed by atoms with E-state index in [2.05, 4.69) is 33.5 Å². The minimum Gasteiger partial charge on any atom is -0.494 e. The summed E-state index contributed by atoms with van der Waals surface area (Å²) in [7, 11) is 0. The summed E-state index contributed by atoms with van der Waals surface area (Å²) in [4.78, 5) is 8.97. The minimum absolute atomic E-state index is 0.603. The van der Waals surface area contributed by atoms with E-state index in [0.29, 0.717) is 5.95 Å². The molecule has 4 rings (SSSR count). The molecule has 1 aliphatic rings. The standard InChI is InChI=1S/C20H19N3O/c1-2-12-24-18-9-4-7-16(14-18)19-10-11-21-20(23-19)22-17-8-3-6-15(5-1)13-17/h3-4,6-11,13-14H,1-2,5,12H2,(H,21,22,23). The molecule has 3 aromatic rings. The molecule has 1 N–H and O–H groups in total. The van der Waals surface area contributed by atoms with Crippen molar-refractivity contribution in [1.29, 1.82) is 0 Å². The molecule has 120 valence electrons. The van der Waals surface area contributed by atoms with Crippen molar-refractivity contribution >= 4 is 11.6 Å². The van der Waals surface area contributed by atoms with Crippen molar-refractivity contribution in [2.45, 2.75) is 19.3 Å². The van der Waals surface area contributed by atoms with E-state index in [-0.39, 0.29) is 0 Å². The monoisotopic (exact) mass is 317 g/mol. The lowest BCUT2D eigenvalue weighted by molar-refractivity contribution is 0.307. The summed E-state index contributed by atoms with van der Waals surface area (Å²) in [5.74, 6) is 1.49. The zero-order valence-corrected chi connectivity index (χ0v) is 13.4. The number of fused-ring (bicyclic) bond motifs is 7. The molecular formula is C20H19N3O. The maximum absolute atomic E-state index is 5.89. The fourth-order valence-corrected chi connectivity index (χ4v) is 2.88. The molecule has 1 aromatic heterocycles. The highest BCUT2D eigenvalue weighted by atomic mass is 16.5. The third-order valence-corrected chi connectivity index (χ3v) is 4.10. The Morgan fingerprint density at radius 2 is 1.92 bits per heavy atom. The van der Waals surface area contributed by atoms with Gasteiger partial charge in [0.25, 0.3) is 0 Å². The zero-order chi connectivity index (χ0) is 16.2. The summed E-state index contributed by atoms with van der Waals surface area (Å²) < 4.78 is 5.89. The van der Waals surface area contributed by atoms with E-state index < -0.39 is 0 Å². The highest BCUT2D eigenvalue weighted by molar-refractivity contribution is 5.63. The first-order valence-corrected chi connectivity index (χ1v) is 8.29. The second-order valence-corrected chi connectivity index (χ2v) is 5.92. The molecule has 0 unspecified atom stereocenters. The van der Waals surface area contributed by atoms with Gasteiger partial charge in [-0.15, -0.1) is 0 Å². The van der Waals surface area contributed by atoms with Crippen LogP contribution in [-0.4, -0.2) is 16.6 Å². The summed E-state index contributed by atoms with van der Waals surface area (Å²) in [6, 6.07) is 18.4. The van der Waals surface area contributed by atoms with Crippen molar-refractivity contribution in [3.05, 3.63) is 66.4 Å². The predicted octanol–water partition coefficient (Wildman–Crippen LogP) is 4.60. The van der Waals surface area contributed by atoms with E-state index in [1.54, 1.807) is 6.20 Å². The van der Waals surface area contributed by atoms with Gasteiger partial charge in [-0.3, -0.25) is 0 Å². The van der Waals surface area contributed by atoms with Gasteiger partial charge in [0.2, 0.25) is 5.95 Å². The Kier molecular flexibility index (Phi) is 4.11. The first-order valence-electron chi connectivity index (χ1n) is 8.29. The van der Waals surface area contributed by atoms with Gasteiger partial charge in [0.15, 0.2) is 0 Å². The highest BCUT2D eigenvalue weighted by Gasteiger charge is 2.06. The van der Waals surface area contributed by atoms with Crippen LogP contribution in [-0.2, 0) is 6.42 Å². The van der Waals surface area contributed by atoms with Crippen LogP contribution in [0.2, 0.25) is 0 Å². The van der Waals surface area contributed by atoms with Crippen LogP contribution >= 0.6 is 0 Å². The van der Waals surface area contributed by atoms with Crippen LogP contribution in [0.4, 0.5) is 11.6 Å². The first kappa shape index (κ1) is 14.7. The van der Waals surface area contributed by atoms with Crippen molar-refractivity contribution in [2.24, 2.45) is 0 Å². The molecule has 4 heteroatoms. The van der Waals surface area contributed by atoms with Crippen LogP contribution in [0.15, 0.2) is 60.8 Å². The molecule has 2 heterocycles. The number of hydrogen-bond donors (Lipinski definition) is 1. The lowest BCUT2D eigenvalue weighted by Crippen LogP contribution is -1.98. The number of anilines is 2. The molecule has 0 saturated heterocycles. The topological polar surface area (TPSA) is 47.0 Å². The summed E-state index contributed by atoms with van der Waals surface area (Å²) in [5.41, 5.74) is 4.24. The number of ether oxygens (including phenoxy) is 1. The maximum atomic E-state index is 5.89. The van der Waals surface area contributed by atoms with Crippen molar-refractivity contribution in [1.82, 2.24) is 9.97 Å². The largest absolute Gasteiger partial charge is 0.494 e. The van der Waals surface area contributed by atoms with E-state index in [9.17, 15) is 0 Å². The molecule has 1 aliphatic heterocycles. The molecule has 0 radical (unpaired) electrons. The van der Waals surface area contributed by atoms with Gasteiger partial charge in [0.1, 0.15) is 5.75 Å². The van der Waals surface area contributed by atoms with E-state index in [1.807, 2.05) is 36.4 Å². The molecule has 24 heavy (non-hydrogen) atoms. The Morgan fingerprint density at radius 1 is 0.958 bits per heavy atom. The van der Waals surface area contributed by atoms with E-state index >= 15 is 0 Å². The molecule has 6 bridgehead atoms. The first-order chi connectivity index (χ1) is 11.9. The van der Waals surface area contributed by atoms with Gasteiger partial charge in [-0.1, -0.05) is 24.3 Å². The highest BCUT2D eigenvalue weighted by Crippen LogP contribution is 2.24. The van der Waals surface area contributed by atoms with Gasteiger partial charge >= 0.3 is 0 Å². The predicted molar refractivity (Wildman–Crippen MR) is 95.6 cm³/mol. The van der Waals surface area contributed by atoms with Gasteiger partial charge < -0.3 is 10.1 Å². The van der Waals surface area contributed by atoms with Crippen LogP contribution < -0.4 is 10.1 Å². The number of aryl methyl sites for hydroxylation is 1. The average molecular weight is 317 g/mol. The van der Waals surface area contributed by atoms with Crippen molar-refractivity contribution in [2.75, 3.05) is 11.9 Å². The van der Waals surface area contributed by atoms with Crippen LogP contribution in [0.1, 0.15) is 18.4 Å². The third-order valence-electron chi connectivity index (χ3n) is 4.10. The second-order valence-electron chi connectivity index (χ2n) is 5.92. The van der Waals surface area contributed by atoms with Crippen LogP contribution in [0.5, 0.6) is 5.75 Å². The number of rotatable bonds is 0. The van der Waals surface area contributed by atoms with Gasteiger partial charge in [0, 0.05) is 17.4 Å². The third kappa shape index (κ3) is 3.38. The smallest absolute Gasteiger partial charge is 0.227 e. The lowest BCUT2D eigenvalue weighted by Gasteiger charge is -2.08. The Hall–Kier alpha value is -2.88. The van der Waals surface area contributed by atoms with Crippen LogP contribution in [0, 0.1) is 0 Å². The summed E-state index contributed by atoms with van der Waals surface area (Å²) in [5, 5.41) is 3.31. The molecule has 0 atom stereocenters. The Bertz CT molecular complexity index is 848. The SMILES string of the molecule is c1cc2cc(c1)Nc1nccc(n1)-c1cccc(c1)OCCCC2. The molecule has 0 saturated carbocycles. The molecular weight excluding hydrogens is 298 g/mol. The lowest BCUT2D eigenvalue weighted by atomic mass is 10.1. The molecule has 0 aliphatic carbocycles. The maximum Gasteiger partial charge on any atom is 0.227 e. The molecule has 0 fully saturated rings. The zero-order valence-electron chi connectivity index (χ0n) is 13.4. The number of aromatic nitrogens is 2. The van der Waals surface area contributed by atoms with Gasteiger partial charge in [0.05, 0.1) is 12.3 Å². The molecule has 0 amide bonds. The van der Waals surface area contributed by atoms with Crippen LogP contribution in [0.25, 0.3) is 11.3 Å². The fourth-order valence-electron chi connectivity index (χ4n) is 2.88. The summed E-state index contributed by atoms with van der Waals surface area (Å²) >= 11 is 0. The van der Waals surface area contributed by atoms with Gasteiger partial charge in [-0.05, 0) is 55.2 Å². The number of hydrogen-bond acceptors (Lipinski definition) is 4. The Morgan fingerprint density at radius 3 is 2.92 bits per heavy atom. The van der Waals surface area contributed by atoms with Crippen molar-refractivity contribution in [3.8, 4) is 17.0 Å². The number of nitrogens with one attached hydrogen (secondary N) is 1. The van der Waals surface area contributed by atoms with Gasteiger partial charge in [-0.25, -0.2) is 9.97 Å². The number of nitrogens with zero attached hydrogens (tertiary/aromatic N) is 2. The average Bonchev–Trinajstić information content (AvgIpc) is 2.62. The minimum atomic E-state index is 0.603. The molecule has 0 spiro atoms. The number of benzene rings is 2. The summed E-state index contributed by atoms with van der Waals surface area (Å²) in [6.07, 6.45) is 4.96. The summed E-state index contributed by atoms with van der Waals surface area (Å²) in [6.45, 7) is 0.733. The van der Waals surface area contributed by atoms with Crippen molar-refractivity contribution < 1.29 is 4.74 Å². The van der Waals surface area contributed by atoms with E-state index in [0.717, 1.165) is 48.6 Å². The van der Waals surface area contributed by atoms with Crippen LogP contribution in [0.3, 0.4) is 0 Å². The van der Waals surface area contributed by atoms with E-state index in [4.69, 9.17) is 4.74 Å². The fraction of sp³-hybridized carbons (Fsp3) is 0.200. The van der Waals surface area contributed by atoms with Gasteiger partial charge in [-0.2, -0.15) is 0 Å². The molecule has 4 nitrogen and oxygen atoms in total. The second kappa shape index (κ2) is 6.71. The molecule has 2 aromatic carbocycles. The normalized spacial score (nSPS) is 13.8.